The van der Waals surface area contributed by atoms with Gasteiger partial charge in [0, 0.05) is 19.0 Å². The van der Waals surface area contributed by atoms with E-state index in [0.29, 0.717) is 17.5 Å². The molecule has 0 aliphatic carbocycles. The van der Waals surface area contributed by atoms with Crippen molar-refractivity contribution >= 4 is 17.3 Å². The Hall–Kier alpha value is -2.07. The van der Waals surface area contributed by atoms with Gasteiger partial charge in [-0.3, -0.25) is 9.89 Å². The third kappa shape index (κ3) is 5.48. The molecule has 1 unspecified atom stereocenters. The molecule has 1 atom stereocenters. The van der Waals surface area contributed by atoms with Crippen LogP contribution >= 0.6 is 11.3 Å². The zero-order valence-electron chi connectivity index (χ0n) is 15.6. The van der Waals surface area contributed by atoms with E-state index in [-0.39, 0.29) is 12.6 Å². The van der Waals surface area contributed by atoms with Gasteiger partial charge >= 0.3 is 6.18 Å². The molecule has 0 amide bonds. The van der Waals surface area contributed by atoms with Crippen LogP contribution in [0.2, 0.25) is 0 Å². The van der Waals surface area contributed by atoms with Crippen LogP contribution in [0.25, 0.3) is 0 Å². The van der Waals surface area contributed by atoms with Gasteiger partial charge in [0.1, 0.15) is 10.8 Å². The molecule has 154 valence electrons. The van der Waals surface area contributed by atoms with Crippen LogP contribution in [0.1, 0.15) is 41.8 Å². The summed E-state index contributed by atoms with van der Waals surface area (Å²) in [6.45, 7) is 2.78. The molecule has 2 aromatic rings. The predicted octanol–water partition coefficient (Wildman–Crippen LogP) is 3.65. The highest BCUT2D eigenvalue weighted by Gasteiger charge is 2.33. The number of nitrogens with one attached hydrogen (secondary N) is 2. The molecule has 3 heterocycles. The van der Waals surface area contributed by atoms with Crippen molar-refractivity contribution in [1.29, 1.82) is 0 Å². The third-order valence-corrected chi connectivity index (χ3v) is 5.49. The number of hydrogen-bond acceptors (Lipinski definition) is 5. The Labute approximate surface area is 165 Å². The first-order valence-electron chi connectivity index (χ1n) is 9.21. The Balaban J connectivity index is 1.56. The SMILES string of the molecule is CN=C(NCc1nc(C(F)(F)F)cs1)NCC(c1ccco1)N1CCCCC1. The maximum atomic E-state index is 12.7. The molecule has 10 heteroatoms. The van der Waals surface area contributed by atoms with Gasteiger partial charge in [-0.1, -0.05) is 6.42 Å². The average Bonchev–Trinajstić information content (AvgIpc) is 3.37. The summed E-state index contributed by atoms with van der Waals surface area (Å²) in [5, 5.41) is 7.66. The number of rotatable bonds is 6. The van der Waals surface area contributed by atoms with Gasteiger partial charge in [-0.15, -0.1) is 11.3 Å². The van der Waals surface area contributed by atoms with E-state index in [4.69, 9.17) is 4.42 Å². The number of aromatic nitrogens is 1. The summed E-state index contributed by atoms with van der Waals surface area (Å²) < 4.78 is 43.6. The maximum absolute atomic E-state index is 12.7. The van der Waals surface area contributed by atoms with Crippen molar-refractivity contribution < 1.29 is 17.6 Å². The lowest BCUT2D eigenvalue weighted by Crippen LogP contribution is -2.44. The fourth-order valence-corrected chi connectivity index (χ4v) is 3.96. The second-order valence-electron chi connectivity index (χ2n) is 6.56. The van der Waals surface area contributed by atoms with Crippen LogP contribution < -0.4 is 10.6 Å². The number of guanidine groups is 1. The van der Waals surface area contributed by atoms with Crippen molar-refractivity contribution in [2.24, 2.45) is 4.99 Å². The maximum Gasteiger partial charge on any atom is 0.434 e. The number of thiazole rings is 1. The monoisotopic (exact) mass is 415 g/mol. The number of hydrogen-bond donors (Lipinski definition) is 2. The number of aliphatic imine (C=N–C) groups is 1. The molecule has 1 fully saturated rings. The van der Waals surface area contributed by atoms with Gasteiger partial charge in [0.05, 0.1) is 18.8 Å². The second kappa shape index (κ2) is 9.42. The van der Waals surface area contributed by atoms with E-state index in [1.54, 1.807) is 13.3 Å². The highest BCUT2D eigenvalue weighted by Crippen LogP contribution is 2.30. The quantitative estimate of drug-likeness (QED) is 0.557. The zero-order chi connectivity index (χ0) is 20.0. The number of halogens is 3. The average molecular weight is 415 g/mol. The summed E-state index contributed by atoms with van der Waals surface area (Å²) in [6, 6.07) is 3.91. The Morgan fingerprint density at radius 3 is 2.71 bits per heavy atom. The summed E-state index contributed by atoms with van der Waals surface area (Å²) in [7, 11) is 1.63. The summed E-state index contributed by atoms with van der Waals surface area (Å²) in [6.07, 6.45) is 0.816. The summed E-state index contributed by atoms with van der Waals surface area (Å²) in [5.41, 5.74) is -0.861. The van der Waals surface area contributed by atoms with Crippen LogP contribution in [0.5, 0.6) is 0 Å². The largest absolute Gasteiger partial charge is 0.468 e. The van der Waals surface area contributed by atoms with Gasteiger partial charge < -0.3 is 15.1 Å². The molecule has 2 N–H and O–H groups in total. The summed E-state index contributed by atoms with van der Waals surface area (Å²) in [5.74, 6) is 1.40. The van der Waals surface area contributed by atoms with E-state index < -0.39 is 11.9 Å². The molecule has 2 aromatic heterocycles. The lowest BCUT2D eigenvalue weighted by Gasteiger charge is -2.33. The van der Waals surface area contributed by atoms with Gasteiger partial charge in [0.2, 0.25) is 0 Å². The smallest absolute Gasteiger partial charge is 0.434 e. The minimum atomic E-state index is -4.42. The molecule has 0 saturated carbocycles. The minimum absolute atomic E-state index is 0.0746. The van der Waals surface area contributed by atoms with Crippen molar-refractivity contribution in [2.75, 3.05) is 26.7 Å². The highest BCUT2D eigenvalue weighted by atomic mass is 32.1. The van der Waals surface area contributed by atoms with E-state index in [2.05, 4.69) is 25.5 Å². The lowest BCUT2D eigenvalue weighted by molar-refractivity contribution is -0.140. The molecule has 1 aliphatic rings. The van der Waals surface area contributed by atoms with Crippen molar-refractivity contribution in [3.05, 3.63) is 40.2 Å². The Kier molecular flexibility index (Phi) is 6.95. The van der Waals surface area contributed by atoms with Crippen LogP contribution in [-0.4, -0.2) is 42.5 Å². The number of likely N-dealkylation sites (tertiary alicyclic amines) is 1. The standard InChI is InChI=1S/C18H24F3N5OS/c1-22-17(24-11-16-25-15(12-28-16)18(19,20)21)23-10-13(14-6-5-9-27-14)26-7-3-2-4-8-26/h5-6,9,12-13H,2-4,7-8,10-11H2,1H3,(H2,22,23,24). The third-order valence-electron chi connectivity index (χ3n) is 4.64. The second-order valence-corrected chi connectivity index (χ2v) is 7.50. The van der Waals surface area contributed by atoms with Gasteiger partial charge in [-0.25, -0.2) is 4.98 Å². The van der Waals surface area contributed by atoms with Crippen LogP contribution in [0.15, 0.2) is 33.2 Å². The number of alkyl halides is 3. The predicted molar refractivity (Wildman–Crippen MR) is 102 cm³/mol. The molecule has 0 radical (unpaired) electrons. The summed E-state index contributed by atoms with van der Waals surface area (Å²) in [4.78, 5) is 10.2. The fourth-order valence-electron chi connectivity index (χ4n) is 3.22. The highest BCUT2D eigenvalue weighted by molar-refractivity contribution is 7.09. The number of nitrogens with zero attached hydrogens (tertiary/aromatic N) is 3. The van der Waals surface area contributed by atoms with Gasteiger partial charge in [0.25, 0.3) is 0 Å². The minimum Gasteiger partial charge on any atom is -0.468 e. The van der Waals surface area contributed by atoms with Crippen molar-refractivity contribution in [3.63, 3.8) is 0 Å². The van der Waals surface area contributed by atoms with E-state index in [9.17, 15) is 13.2 Å². The van der Waals surface area contributed by atoms with E-state index >= 15 is 0 Å². The van der Waals surface area contributed by atoms with Crippen molar-refractivity contribution in [1.82, 2.24) is 20.5 Å². The van der Waals surface area contributed by atoms with E-state index in [1.807, 2.05) is 12.1 Å². The number of furan rings is 1. The molecule has 0 spiro atoms. The molecule has 0 bridgehead atoms. The van der Waals surface area contributed by atoms with Crippen LogP contribution in [0.3, 0.4) is 0 Å². The Morgan fingerprint density at radius 2 is 2.11 bits per heavy atom. The lowest BCUT2D eigenvalue weighted by atomic mass is 10.1. The van der Waals surface area contributed by atoms with E-state index in [0.717, 1.165) is 48.4 Å². The first-order chi connectivity index (χ1) is 13.5. The molecule has 28 heavy (non-hydrogen) atoms. The van der Waals surface area contributed by atoms with Gasteiger partial charge in [-0.2, -0.15) is 13.2 Å². The van der Waals surface area contributed by atoms with Gasteiger partial charge in [-0.05, 0) is 38.1 Å². The van der Waals surface area contributed by atoms with Crippen molar-refractivity contribution in [3.8, 4) is 0 Å². The van der Waals surface area contributed by atoms with Crippen molar-refractivity contribution in [2.45, 2.75) is 38.0 Å². The Morgan fingerprint density at radius 1 is 1.32 bits per heavy atom. The number of piperidine rings is 1. The van der Waals surface area contributed by atoms with Crippen LogP contribution in [0, 0.1) is 0 Å². The van der Waals surface area contributed by atoms with Crippen LogP contribution in [-0.2, 0) is 12.7 Å². The molecule has 6 nitrogen and oxygen atoms in total. The Bertz CT molecular complexity index is 754. The molecule has 1 saturated heterocycles. The molecule has 3 rings (SSSR count). The normalized spacial score (nSPS) is 17.5. The molecule has 0 aromatic carbocycles. The topological polar surface area (TPSA) is 65.7 Å². The van der Waals surface area contributed by atoms with E-state index in [1.165, 1.54) is 6.42 Å². The molecular formula is C18H24F3N5OS. The first kappa shape index (κ1) is 20.7. The fraction of sp³-hybridized carbons (Fsp3) is 0.556. The van der Waals surface area contributed by atoms with Gasteiger partial charge in [0.15, 0.2) is 11.7 Å². The molecular weight excluding hydrogens is 391 g/mol. The summed E-state index contributed by atoms with van der Waals surface area (Å²) >= 11 is 0.974. The molecule has 1 aliphatic heterocycles. The first-order valence-corrected chi connectivity index (χ1v) is 10.1. The zero-order valence-corrected chi connectivity index (χ0v) is 16.4. The van der Waals surface area contributed by atoms with Crippen LogP contribution in [0.4, 0.5) is 13.2 Å².